The van der Waals surface area contributed by atoms with E-state index in [1.807, 2.05) is 73.4 Å². The Balaban J connectivity index is 0.00000267. The summed E-state index contributed by atoms with van der Waals surface area (Å²) in [6.45, 7) is 9.68. The molecule has 11 heteroatoms. The number of nitrogens with one attached hydrogen (secondary N) is 2. The number of thiazole rings is 1. The molecule has 1 aromatic heterocycles. The van der Waals surface area contributed by atoms with Crippen LogP contribution in [0.2, 0.25) is 0 Å². The number of hydrogen-bond acceptors (Lipinski definition) is 7. The molecule has 1 aliphatic rings. The van der Waals surface area contributed by atoms with Crippen molar-refractivity contribution >= 4 is 53.7 Å². The lowest BCUT2D eigenvalue weighted by atomic mass is 10.1. The predicted molar refractivity (Wildman–Crippen MR) is 164 cm³/mol. The highest BCUT2D eigenvalue weighted by atomic mass is 35.5. The highest BCUT2D eigenvalue weighted by Gasteiger charge is 2.27. The lowest BCUT2D eigenvalue weighted by Gasteiger charge is -2.32. The second-order valence-corrected chi connectivity index (χ2v) is 10.2. The van der Waals surface area contributed by atoms with Gasteiger partial charge in [-0.25, -0.2) is 9.99 Å². The van der Waals surface area contributed by atoms with Crippen molar-refractivity contribution in [2.75, 3.05) is 44.7 Å². The highest BCUT2D eigenvalue weighted by Crippen LogP contribution is 2.30. The van der Waals surface area contributed by atoms with Gasteiger partial charge in [0.1, 0.15) is 5.01 Å². The number of aryl methyl sites for hydroxylation is 2. The SMILES string of the molecule is CCNCCNC(=O)CN(CC(=O)N(C)N1Cc2ccccc2C1)c1cc(-c2nc(C)cs2)ccc1C.Cl.Cl. The standard InChI is InChI=1S/C28H36N6O2S.2ClH/c1-5-29-12-13-30-26(35)17-33(25-14-22(11-10-20(25)2)28-31-21(3)19-37-28)18-27(36)32(4)34-15-23-8-6-7-9-24(23)16-34;;/h6-11,14,19,29H,5,12-13,15-18H2,1-4H3,(H,30,35);2*1H. The summed E-state index contributed by atoms with van der Waals surface area (Å²) >= 11 is 1.59. The van der Waals surface area contributed by atoms with Gasteiger partial charge < -0.3 is 15.5 Å². The Kier molecular flexibility index (Phi) is 12.7. The van der Waals surface area contributed by atoms with E-state index in [4.69, 9.17) is 0 Å². The van der Waals surface area contributed by atoms with Gasteiger partial charge in [0, 0.05) is 55.6 Å². The Labute approximate surface area is 247 Å². The van der Waals surface area contributed by atoms with Crippen molar-refractivity contribution in [2.45, 2.75) is 33.9 Å². The van der Waals surface area contributed by atoms with Gasteiger partial charge in [0.05, 0.1) is 13.1 Å². The average Bonchev–Trinajstić information content (AvgIpc) is 3.52. The van der Waals surface area contributed by atoms with Crippen LogP contribution in [0.1, 0.15) is 29.3 Å². The zero-order chi connectivity index (χ0) is 26.4. The van der Waals surface area contributed by atoms with Crippen LogP contribution in [0.15, 0.2) is 47.8 Å². The topological polar surface area (TPSA) is 80.8 Å². The molecule has 8 nitrogen and oxygen atoms in total. The van der Waals surface area contributed by atoms with Crippen molar-refractivity contribution in [1.82, 2.24) is 25.6 Å². The second kappa shape index (κ2) is 15.2. The molecule has 4 rings (SSSR count). The number of anilines is 1. The summed E-state index contributed by atoms with van der Waals surface area (Å²) in [5.74, 6) is -0.181. The van der Waals surface area contributed by atoms with Crippen molar-refractivity contribution in [1.29, 1.82) is 0 Å². The van der Waals surface area contributed by atoms with Crippen molar-refractivity contribution in [3.8, 4) is 10.6 Å². The van der Waals surface area contributed by atoms with E-state index < -0.39 is 0 Å². The molecule has 0 atom stereocenters. The second-order valence-electron chi connectivity index (χ2n) is 9.36. The molecule has 0 spiro atoms. The van der Waals surface area contributed by atoms with Crippen molar-refractivity contribution < 1.29 is 9.59 Å². The van der Waals surface area contributed by atoms with Crippen LogP contribution in [-0.4, -0.2) is 66.6 Å². The van der Waals surface area contributed by atoms with Gasteiger partial charge in [-0.15, -0.1) is 36.2 Å². The van der Waals surface area contributed by atoms with Crippen LogP contribution in [0.3, 0.4) is 0 Å². The van der Waals surface area contributed by atoms with Gasteiger partial charge in [-0.2, -0.15) is 0 Å². The Morgan fingerprint density at radius 2 is 1.72 bits per heavy atom. The molecule has 2 aromatic carbocycles. The van der Waals surface area contributed by atoms with Crippen LogP contribution < -0.4 is 15.5 Å². The number of hydrazine groups is 1. The van der Waals surface area contributed by atoms with E-state index >= 15 is 0 Å². The van der Waals surface area contributed by atoms with Crippen LogP contribution in [0.4, 0.5) is 5.69 Å². The number of carbonyl (C=O) groups excluding carboxylic acids is 2. The first-order chi connectivity index (χ1) is 17.9. The summed E-state index contributed by atoms with van der Waals surface area (Å²) in [7, 11) is 1.81. The number of nitrogens with zero attached hydrogens (tertiary/aromatic N) is 4. The van der Waals surface area contributed by atoms with Gasteiger partial charge in [-0.05, 0) is 43.1 Å². The van der Waals surface area contributed by atoms with Crippen LogP contribution in [-0.2, 0) is 22.7 Å². The lowest BCUT2D eigenvalue weighted by Crippen LogP contribution is -2.48. The Morgan fingerprint density at radius 3 is 2.33 bits per heavy atom. The Bertz CT molecular complexity index is 1230. The van der Waals surface area contributed by atoms with E-state index in [1.54, 1.807) is 16.3 Å². The molecular weight excluding hydrogens is 555 g/mol. The fourth-order valence-electron chi connectivity index (χ4n) is 4.44. The van der Waals surface area contributed by atoms with Gasteiger partial charge in [0.2, 0.25) is 5.91 Å². The van der Waals surface area contributed by atoms with E-state index in [-0.39, 0.29) is 49.7 Å². The Hall–Kier alpha value is -2.69. The zero-order valence-electron chi connectivity index (χ0n) is 22.9. The molecule has 0 aliphatic carbocycles. The smallest absolute Gasteiger partial charge is 0.256 e. The molecule has 0 bridgehead atoms. The van der Waals surface area contributed by atoms with Gasteiger partial charge in [-0.3, -0.25) is 14.6 Å². The molecular formula is C28H38Cl2N6O2S. The maximum Gasteiger partial charge on any atom is 0.256 e. The number of rotatable bonds is 11. The number of amides is 2. The molecule has 1 aliphatic heterocycles. The van der Waals surface area contributed by atoms with Crippen LogP contribution >= 0.6 is 36.2 Å². The van der Waals surface area contributed by atoms with Crippen LogP contribution in [0.5, 0.6) is 0 Å². The summed E-state index contributed by atoms with van der Waals surface area (Å²) in [6, 6.07) is 14.4. The number of likely N-dealkylation sites (N-methyl/N-ethyl adjacent to an activating group) is 2. The van der Waals surface area contributed by atoms with E-state index in [2.05, 4.69) is 27.8 Å². The molecule has 0 saturated carbocycles. The largest absolute Gasteiger partial charge is 0.353 e. The average molecular weight is 594 g/mol. The molecule has 0 saturated heterocycles. The molecule has 2 amide bonds. The third kappa shape index (κ3) is 8.40. The highest BCUT2D eigenvalue weighted by molar-refractivity contribution is 7.13. The monoisotopic (exact) mass is 592 g/mol. The summed E-state index contributed by atoms with van der Waals surface area (Å²) in [6.07, 6.45) is 0. The molecule has 2 heterocycles. The molecule has 0 fully saturated rings. The van der Waals surface area contributed by atoms with E-state index in [0.717, 1.165) is 34.1 Å². The number of aromatic nitrogens is 1. The van der Waals surface area contributed by atoms with Gasteiger partial charge in [0.15, 0.2) is 0 Å². The number of hydrogen-bond donors (Lipinski definition) is 2. The molecule has 2 N–H and O–H groups in total. The van der Waals surface area contributed by atoms with Crippen LogP contribution in [0.25, 0.3) is 10.6 Å². The van der Waals surface area contributed by atoms with E-state index in [1.165, 1.54) is 11.1 Å². The van der Waals surface area contributed by atoms with E-state index in [0.29, 0.717) is 26.2 Å². The molecule has 0 unspecified atom stereocenters. The summed E-state index contributed by atoms with van der Waals surface area (Å²) in [5, 5.41) is 12.9. The minimum Gasteiger partial charge on any atom is -0.353 e. The first-order valence-corrected chi connectivity index (χ1v) is 13.6. The van der Waals surface area contributed by atoms with Crippen LogP contribution in [0, 0.1) is 13.8 Å². The number of halogens is 2. The molecule has 39 heavy (non-hydrogen) atoms. The zero-order valence-corrected chi connectivity index (χ0v) is 25.3. The Morgan fingerprint density at radius 1 is 1.03 bits per heavy atom. The minimum atomic E-state index is -0.114. The first kappa shape index (κ1) is 32.5. The quantitative estimate of drug-likeness (QED) is 0.325. The fourth-order valence-corrected chi connectivity index (χ4v) is 5.24. The van der Waals surface area contributed by atoms with Gasteiger partial charge in [0.25, 0.3) is 5.91 Å². The fraction of sp³-hybridized carbons (Fsp3) is 0.393. The number of carbonyl (C=O) groups is 2. The normalized spacial score (nSPS) is 12.2. The summed E-state index contributed by atoms with van der Waals surface area (Å²) in [4.78, 5) is 32.9. The number of benzene rings is 2. The third-order valence-corrected chi connectivity index (χ3v) is 7.57. The number of fused-ring (bicyclic) bond motifs is 1. The lowest BCUT2D eigenvalue weighted by molar-refractivity contribution is -0.145. The summed E-state index contributed by atoms with van der Waals surface area (Å²) < 4.78 is 0. The predicted octanol–water partition coefficient (Wildman–Crippen LogP) is 4.19. The van der Waals surface area contributed by atoms with Gasteiger partial charge in [-0.1, -0.05) is 43.3 Å². The molecule has 0 radical (unpaired) electrons. The maximum atomic E-state index is 13.5. The molecule has 3 aromatic rings. The third-order valence-electron chi connectivity index (χ3n) is 6.56. The van der Waals surface area contributed by atoms with Crippen molar-refractivity contribution in [3.05, 3.63) is 70.2 Å². The maximum absolute atomic E-state index is 13.5. The van der Waals surface area contributed by atoms with E-state index in [9.17, 15) is 9.59 Å². The molecule has 212 valence electrons. The minimum absolute atomic E-state index is 0. The first-order valence-electron chi connectivity index (χ1n) is 12.7. The van der Waals surface area contributed by atoms with Gasteiger partial charge >= 0.3 is 0 Å². The summed E-state index contributed by atoms with van der Waals surface area (Å²) in [5.41, 5.74) is 6.29. The van der Waals surface area contributed by atoms with Crippen molar-refractivity contribution in [2.24, 2.45) is 0 Å². The van der Waals surface area contributed by atoms with Crippen molar-refractivity contribution in [3.63, 3.8) is 0 Å².